The molecule has 8 heteroatoms. The summed E-state index contributed by atoms with van der Waals surface area (Å²) in [7, 11) is -3.68. The Balaban J connectivity index is 1.99. The molecule has 1 aliphatic heterocycles. The van der Waals surface area contributed by atoms with Gasteiger partial charge in [0.15, 0.2) is 0 Å². The van der Waals surface area contributed by atoms with Crippen LogP contribution in [0.15, 0.2) is 34.2 Å². The number of rotatable bonds is 6. The predicted molar refractivity (Wildman–Crippen MR) is 96.1 cm³/mol. The molecule has 0 fully saturated rings. The van der Waals surface area contributed by atoms with Gasteiger partial charge in [-0.15, -0.1) is 0 Å². The first-order valence-electron chi connectivity index (χ1n) is 8.32. The summed E-state index contributed by atoms with van der Waals surface area (Å²) in [6, 6.07) is 5.91. The van der Waals surface area contributed by atoms with E-state index in [2.05, 4.69) is 15.0 Å². The number of nitrogens with zero attached hydrogens (tertiary/aromatic N) is 1. The van der Waals surface area contributed by atoms with Gasteiger partial charge in [-0.25, -0.2) is 8.42 Å². The molecule has 7 nitrogen and oxygen atoms in total. The molecule has 0 aliphatic carbocycles. The van der Waals surface area contributed by atoms with Gasteiger partial charge in [0.2, 0.25) is 5.91 Å². The topological polar surface area (TPSA) is 105 Å². The van der Waals surface area contributed by atoms with Gasteiger partial charge >= 0.3 is 0 Å². The average Bonchev–Trinajstić information content (AvgIpc) is 2.81. The van der Waals surface area contributed by atoms with Gasteiger partial charge in [-0.2, -0.15) is 0 Å². The molecule has 2 rings (SSSR count). The lowest BCUT2D eigenvalue weighted by Gasteiger charge is -2.10. The van der Waals surface area contributed by atoms with Gasteiger partial charge in [0, 0.05) is 31.5 Å². The molecule has 25 heavy (non-hydrogen) atoms. The van der Waals surface area contributed by atoms with Crippen molar-refractivity contribution in [1.82, 2.24) is 4.72 Å². The molecule has 1 aromatic rings. The minimum atomic E-state index is -3.68. The van der Waals surface area contributed by atoms with Crippen molar-refractivity contribution in [2.45, 2.75) is 50.3 Å². The van der Waals surface area contributed by atoms with Gasteiger partial charge in [-0.1, -0.05) is 6.42 Å². The van der Waals surface area contributed by atoms with Crippen LogP contribution in [-0.4, -0.2) is 32.5 Å². The molecule has 0 saturated carbocycles. The zero-order valence-corrected chi connectivity index (χ0v) is 15.1. The minimum Gasteiger partial charge on any atom is -0.326 e. The average molecular weight is 365 g/mol. The first-order valence-corrected chi connectivity index (χ1v) is 9.80. The first kappa shape index (κ1) is 19.1. The molecule has 1 aliphatic rings. The SMILES string of the molecule is CC(=O)CCC(=O)Nc1ccc(S(=O)(=O)NC2=NCCCCC2)cc1. The van der Waals surface area contributed by atoms with Crippen LogP contribution in [0.1, 0.15) is 45.4 Å². The number of carbonyl (C=O) groups excluding carboxylic acids is 2. The summed E-state index contributed by atoms with van der Waals surface area (Å²) in [5, 5.41) is 2.64. The van der Waals surface area contributed by atoms with Crippen molar-refractivity contribution in [1.29, 1.82) is 0 Å². The van der Waals surface area contributed by atoms with E-state index in [0.717, 1.165) is 19.3 Å². The zero-order valence-electron chi connectivity index (χ0n) is 14.2. The van der Waals surface area contributed by atoms with E-state index in [-0.39, 0.29) is 29.4 Å². The number of sulfonamides is 1. The van der Waals surface area contributed by atoms with Crippen molar-refractivity contribution in [2.75, 3.05) is 11.9 Å². The molecule has 0 bridgehead atoms. The van der Waals surface area contributed by atoms with Crippen LogP contribution in [0.3, 0.4) is 0 Å². The maximum atomic E-state index is 12.4. The lowest BCUT2D eigenvalue weighted by atomic mass is 10.2. The lowest BCUT2D eigenvalue weighted by Crippen LogP contribution is -2.30. The van der Waals surface area contributed by atoms with Crippen molar-refractivity contribution < 1.29 is 18.0 Å². The largest absolute Gasteiger partial charge is 0.326 e. The van der Waals surface area contributed by atoms with Crippen molar-refractivity contribution in [3.63, 3.8) is 0 Å². The summed E-state index contributed by atoms with van der Waals surface area (Å²) in [5.74, 6) is 0.167. The molecule has 0 spiro atoms. The molecular weight excluding hydrogens is 342 g/mol. The number of hydrogen-bond donors (Lipinski definition) is 2. The molecule has 0 radical (unpaired) electrons. The number of amides is 1. The number of benzene rings is 1. The highest BCUT2D eigenvalue weighted by Gasteiger charge is 2.17. The summed E-state index contributed by atoms with van der Waals surface area (Å²) in [6.07, 6.45) is 3.87. The fourth-order valence-electron chi connectivity index (χ4n) is 2.40. The Bertz CT molecular complexity index is 755. The van der Waals surface area contributed by atoms with E-state index < -0.39 is 10.0 Å². The van der Waals surface area contributed by atoms with Crippen LogP contribution in [0, 0.1) is 0 Å². The molecule has 0 atom stereocenters. The third-order valence-electron chi connectivity index (χ3n) is 3.78. The highest BCUT2D eigenvalue weighted by molar-refractivity contribution is 7.90. The smallest absolute Gasteiger partial charge is 0.262 e. The second-order valence-electron chi connectivity index (χ2n) is 6.02. The van der Waals surface area contributed by atoms with Gasteiger partial charge < -0.3 is 10.1 Å². The number of Topliss-reactive ketones (excluding diaryl/α,β-unsaturated/α-hetero) is 1. The number of nitrogens with one attached hydrogen (secondary N) is 2. The Morgan fingerprint density at radius 3 is 2.48 bits per heavy atom. The van der Waals surface area contributed by atoms with E-state index in [0.29, 0.717) is 24.5 Å². The Morgan fingerprint density at radius 2 is 1.80 bits per heavy atom. The number of anilines is 1. The third-order valence-corrected chi connectivity index (χ3v) is 5.18. The maximum absolute atomic E-state index is 12.4. The number of hydrogen-bond acceptors (Lipinski definition) is 5. The van der Waals surface area contributed by atoms with Crippen LogP contribution in [0.2, 0.25) is 0 Å². The van der Waals surface area contributed by atoms with E-state index in [4.69, 9.17) is 0 Å². The summed E-state index contributed by atoms with van der Waals surface area (Å²) in [4.78, 5) is 26.9. The number of amidine groups is 1. The number of carbonyl (C=O) groups is 2. The van der Waals surface area contributed by atoms with Crippen LogP contribution < -0.4 is 10.0 Å². The highest BCUT2D eigenvalue weighted by atomic mass is 32.2. The Hall–Kier alpha value is -2.22. The van der Waals surface area contributed by atoms with E-state index >= 15 is 0 Å². The van der Waals surface area contributed by atoms with E-state index in [1.807, 2.05) is 0 Å². The van der Waals surface area contributed by atoms with E-state index in [1.165, 1.54) is 31.2 Å². The molecular formula is C17H23N3O4S. The van der Waals surface area contributed by atoms with Gasteiger partial charge in [0.05, 0.1) is 4.90 Å². The van der Waals surface area contributed by atoms with Crippen LogP contribution >= 0.6 is 0 Å². The van der Waals surface area contributed by atoms with Crippen molar-refractivity contribution in [2.24, 2.45) is 4.99 Å². The number of ketones is 1. The summed E-state index contributed by atoms with van der Waals surface area (Å²) in [5.41, 5.74) is 0.485. The minimum absolute atomic E-state index is 0.0518. The maximum Gasteiger partial charge on any atom is 0.262 e. The van der Waals surface area contributed by atoms with Crippen LogP contribution in [0.25, 0.3) is 0 Å². The highest BCUT2D eigenvalue weighted by Crippen LogP contribution is 2.15. The van der Waals surface area contributed by atoms with Crippen LogP contribution in [-0.2, 0) is 19.6 Å². The van der Waals surface area contributed by atoms with Crippen LogP contribution in [0.5, 0.6) is 0 Å². The molecule has 136 valence electrons. The molecule has 0 aromatic heterocycles. The van der Waals surface area contributed by atoms with Crippen molar-refractivity contribution >= 4 is 33.2 Å². The zero-order chi connectivity index (χ0) is 18.3. The molecule has 1 aromatic carbocycles. The summed E-state index contributed by atoms with van der Waals surface area (Å²) in [6.45, 7) is 2.07. The second kappa shape index (κ2) is 8.75. The molecule has 1 heterocycles. The van der Waals surface area contributed by atoms with Gasteiger partial charge in [0.1, 0.15) is 11.6 Å². The normalized spacial score (nSPS) is 15.0. The standard InChI is InChI=1S/C17H23N3O4S/c1-13(21)6-11-17(22)19-14-7-9-15(10-8-14)25(23,24)20-16-5-3-2-4-12-18-16/h7-10H,2-6,11-12H2,1H3,(H,18,20)(H,19,22). The first-order chi connectivity index (χ1) is 11.9. The Kier molecular flexibility index (Phi) is 6.69. The summed E-state index contributed by atoms with van der Waals surface area (Å²) >= 11 is 0. The predicted octanol–water partition coefficient (Wildman–Crippen LogP) is 2.25. The molecule has 0 unspecified atom stereocenters. The monoisotopic (exact) mass is 365 g/mol. The lowest BCUT2D eigenvalue weighted by molar-refractivity contribution is -0.121. The molecule has 1 amide bonds. The van der Waals surface area contributed by atoms with E-state index in [1.54, 1.807) is 0 Å². The third kappa shape index (κ3) is 6.30. The number of aliphatic imine (C=N–C) groups is 1. The van der Waals surface area contributed by atoms with Gasteiger partial charge in [-0.3, -0.25) is 14.5 Å². The summed E-state index contributed by atoms with van der Waals surface area (Å²) < 4.78 is 27.4. The fourth-order valence-corrected chi connectivity index (χ4v) is 3.49. The second-order valence-corrected chi connectivity index (χ2v) is 7.70. The quantitative estimate of drug-likeness (QED) is 0.806. The van der Waals surface area contributed by atoms with Crippen molar-refractivity contribution in [3.8, 4) is 0 Å². The molecule has 2 N–H and O–H groups in total. The van der Waals surface area contributed by atoms with E-state index in [9.17, 15) is 18.0 Å². The van der Waals surface area contributed by atoms with Gasteiger partial charge in [-0.05, 0) is 44.0 Å². The van der Waals surface area contributed by atoms with Crippen molar-refractivity contribution in [3.05, 3.63) is 24.3 Å². The fraction of sp³-hybridized carbons (Fsp3) is 0.471. The van der Waals surface area contributed by atoms with Gasteiger partial charge in [0.25, 0.3) is 10.0 Å². The van der Waals surface area contributed by atoms with Crippen LogP contribution in [0.4, 0.5) is 5.69 Å². The molecule has 0 saturated heterocycles. The Labute approximate surface area is 148 Å². The Morgan fingerprint density at radius 1 is 1.08 bits per heavy atom.